The third-order valence-electron chi connectivity index (χ3n) is 4.12. The van der Waals surface area contributed by atoms with Gasteiger partial charge in [-0.15, -0.1) is 0 Å². The average molecular weight is 392 g/mol. The molecule has 2 aromatic carbocycles. The highest BCUT2D eigenvalue weighted by molar-refractivity contribution is 7.98. The van der Waals surface area contributed by atoms with Gasteiger partial charge in [0.05, 0.1) is 16.6 Å². The minimum absolute atomic E-state index is 0.151. The number of nitro groups is 1. The molecule has 0 aromatic heterocycles. The van der Waals surface area contributed by atoms with E-state index in [0.29, 0.717) is 5.56 Å². The Morgan fingerprint density at radius 2 is 1.81 bits per heavy atom. The zero-order valence-corrected chi connectivity index (χ0v) is 16.7. The molecule has 0 bridgehead atoms. The van der Waals surface area contributed by atoms with Crippen molar-refractivity contribution in [1.29, 1.82) is 0 Å². The van der Waals surface area contributed by atoms with Crippen LogP contribution in [0.3, 0.4) is 0 Å². The highest BCUT2D eigenvalue weighted by atomic mass is 32.2. The molecule has 0 saturated heterocycles. The molecular formula is C20H25FN2O3S. The van der Waals surface area contributed by atoms with Crippen LogP contribution in [0.25, 0.3) is 0 Å². The first kappa shape index (κ1) is 21.3. The van der Waals surface area contributed by atoms with E-state index in [4.69, 9.17) is 0 Å². The van der Waals surface area contributed by atoms with E-state index in [-0.39, 0.29) is 22.4 Å². The van der Waals surface area contributed by atoms with Gasteiger partial charge in [-0.3, -0.25) is 14.8 Å². The molecule has 0 saturated carbocycles. The third kappa shape index (κ3) is 5.76. The van der Waals surface area contributed by atoms with E-state index in [9.17, 15) is 19.6 Å². The van der Waals surface area contributed by atoms with E-state index < -0.39 is 22.4 Å². The van der Waals surface area contributed by atoms with Crippen LogP contribution in [-0.2, 0) is 5.54 Å². The summed E-state index contributed by atoms with van der Waals surface area (Å²) in [5.41, 5.74) is -0.349. The molecule has 0 fully saturated rings. The number of rotatable bonds is 7. The third-order valence-corrected chi connectivity index (χ3v) is 5.29. The SMILES string of the molecule is CC(C)(C)SN[C@@](C)(C[C@H](O)c1ccccc1)c1cc([N+](=O)[O-])ccc1F. The Morgan fingerprint density at radius 3 is 2.37 bits per heavy atom. The summed E-state index contributed by atoms with van der Waals surface area (Å²) in [5.74, 6) is -0.551. The molecule has 7 heteroatoms. The van der Waals surface area contributed by atoms with Crippen molar-refractivity contribution >= 4 is 17.6 Å². The number of aliphatic hydroxyl groups is 1. The Kier molecular flexibility index (Phi) is 6.62. The van der Waals surface area contributed by atoms with Crippen molar-refractivity contribution in [3.8, 4) is 0 Å². The fraction of sp³-hybridized carbons (Fsp3) is 0.400. The number of halogens is 1. The van der Waals surface area contributed by atoms with Gasteiger partial charge in [0.15, 0.2) is 0 Å². The first-order chi connectivity index (χ1) is 12.5. The molecule has 0 unspecified atom stereocenters. The molecule has 2 atom stereocenters. The number of aliphatic hydroxyl groups excluding tert-OH is 1. The monoisotopic (exact) mass is 392 g/mol. The second-order valence-electron chi connectivity index (χ2n) is 7.70. The molecule has 27 heavy (non-hydrogen) atoms. The van der Waals surface area contributed by atoms with Crippen molar-refractivity contribution in [2.75, 3.05) is 0 Å². The van der Waals surface area contributed by atoms with Gasteiger partial charge in [0.1, 0.15) is 5.82 Å². The Balaban J connectivity index is 2.43. The summed E-state index contributed by atoms with van der Waals surface area (Å²) < 4.78 is 17.7. The minimum Gasteiger partial charge on any atom is -0.388 e. The zero-order valence-electron chi connectivity index (χ0n) is 15.9. The second-order valence-corrected chi connectivity index (χ2v) is 9.33. The summed E-state index contributed by atoms with van der Waals surface area (Å²) in [6.45, 7) is 7.76. The maximum atomic E-state index is 14.6. The van der Waals surface area contributed by atoms with Crippen LogP contribution in [0.1, 0.15) is 51.3 Å². The highest BCUT2D eigenvalue weighted by Crippen LogP contribution is 2.38. The average Bonchev–Trinajstić information content (AvgIpc) is 2.60. The van der Waals surface area contributed by atoms with Crippen LogP contribution >= 0.6 is 11.9 Å². The molecule has 2 rings (SSSR count). The van der Waals surface area contributed by atoms with E-state index in [1.165, 1.54) is 18.0 Å². The van der Waals surface area contributed by atoms with Gasteiger partial charge in [0, 0.05) is 28.9 Å². The van der Waals surface area contributed by atoms with Gasteiger partial charge >= 0.3 is 0 Å². The number of nitro benzene ring substituents is 1. The molecule has 0 aliphatic carbocycles. The van der Waals surface area contributed by atoms with Crippen LogP contribution in [0, 0.1) is 15.9 Å². The Morgan fingerprint density at radius 1 is 1.19 bits per heavy atom. The van der Waals surface area contributed by atoms with Crippen molar-refractivity contribution in [2.24, 2.45) is 0 Å². The van der Waals surface area contributed by atoms with Crippen LogP contribution in [-0.4, -0.2) is 14.8 Å². The fourth-order valence-electron chi connectivity index (χ4n) is 2.70. The molecule has 2 N–H and O–H groups in total. The maximum Gasteiger partial charge on any atom is 0.269 e. The van der Waals surface area contributed by atoms with E-state index in [1.54, 1.807) is 19.1 Å². The zero-order chi connectivity index (χ0) is 20.2. The summed E-state index contributed by atoms with van der Waals surface area (Å²) in [4.78, 5) is 10.6. The Bertz CT molecular complexity index is 796. The van der Waals surface area contributed by atoms with Crippen LogP contribution < -0.4 is 4.72 Å². The van der Waals surface area contributed by atoms with Gasteiger partial charge in [-0.1, -0.05) is 42.3 Å². The van der Waals surface area contributed by atoms with Gasteiger partial charge in [-0.2, -0.15) is 0 Å². The number of non-ortho nitro benzene ring substituents is 1. The van der Waals surface area contributed by atoms with Gasteiger partial charge in [-0.25, -0.2) is 4.39 Å². The van der Waals surface area contributed by atoms with Gasteiger partial charge in [0.2, 0.25) is 0 Å². The first-order valence-corrected chi connectivity index (χ1v) is 9.46. The Hall–Kier alpha value is -1.96. The lowest BCUT2D eigenvalue weighted by Crippen LogP contribution is -2.40. The molecule has 5 nitrogen and oxygen atoms in total. The second kappa shape index (κ2) is 8.37. The number of benzene rings is 2. The highest BCUT2D eigenvalue weighted by Gasteiger charge is 2.35. The van der Waals surface area contributed by atoms with Crippen molar-refractivity contribution in [3.63, 3.8) is 0 Å². The van der Waals surface area contributed by atoms with Crippen molar-refractivity contribution in [2.45, 2.75) is 50.5 Å². The van der Waals surface area contributed by atoms with Crippen LogP contribution in [0.15, 0.2) is 48.5 Å². The van der Waals surface area contributed by atoms with Crippen molar-refractivity contribution in [1.82, 2.24) is 4.72 Å². The smallest absolute Gasteiger partial charge is 0.269 e. The molecule has 2 aromatic rings. The first-order valence-electron chi connectivity index (χ1n) is 8.64. The summed E-state index contributed by atoms with van der Waals surface area (Å²) in [7, 11) is 0. The quantitative estimate of drug-likeness (QED) is 0.389. The lowest BCUT2D eigenvalue weighted by atomic mass is 9.85. The van der Waals surface area contributed by atoms with Gasteiger partial charge < -0.3 is 5.11 Å². The normalized spacial score (nSPS) is 15.2. The lowest BCUT2D eigenvalue weighted by molar-refractivity contribution is -0.385. The fourth-order valence-corrected chi connectivity index (χ4v) is 3.43. The van der Waals surface area contributed by atoms with Gasteiger partial charge in [0.25, 0.3) is 5.69 Å². The van der Waals surface area contributed by atoms with Crippen molar-refractivity contribution < 1.29 is 14.4 Å². The molecule has 0 heterocycles. The largest absolute Gasteiger partial charge is 0.388 e. The lowest BCUT2D eigenvalue weighted by Gasteiger charge is -2.35. The van der Waals surface area contributed by atoms with Gasteiger partial charge in [-0.05, 0) is 39.3 Å². The number of nitrogens with zero attached hydrogens (tertiary/aromatic N) is 1. The number of hydrogen-bond acceptors (Lipinski definition) is 5. The molecule has 0 spiro atoms. The summed E-state index contributed by atoms with van der Waals surface area (Å²) in [6, 6.07) is 12.6. The van der Waals surface area contributed by atoms with Crippen LogP contribution in [0.2, 0.25) is 0 Å². The Labute approximate surface area is 163 Å². The number of nitrogens with one attached hydrogen (secondary N) is 1. The molecular weight excluding hydrogens is 367 g/mol. The van der Waals surface area contributed by atoms with E-state index >= 15 is 0 Å². The molecule has 0 aliphatic rings. The van der Waals surface area contributed by atoms with Crippen LogP contribution in [0.5, 0.6) is 0 Å². The predicted molar refractivity (Wildman–Crippen MR) is 107 cm³/mol. The molecule has 0 amide bonds. The van der Waals surface area contributed by atoms with E-state index in [2.05, 4.69) is 4.72 Å². The van der Waals surface area contributed by atoms with E-state index in [1.807, 2.05) is 39.0 Å². The summed E-state index contributed by atoms with van der Waals surface area (Å²) >= 11 is 1.40. The predicted octanol–water partition coefficient (Wildman–Crippen LogP) is 5.11. The topological polar surface area (TPSA) is 75.4 Å². The van der Waals surface area contributed by atoms with E-state index in [0.717, 1.165) is 12.1 Å². The minimum atomic E-state index is -1.02. The maximum absolute atomic E-state index is 14.6. The molecule has 0 aliphatic heterocycles. The molecule has 146 valence electrons. The summed E-state index contributed by atoms with van der Waals surface area (Å²) in [6.07, 6.45) is -0.707. The standard InChI is InChI=1S/C20H25FN2O3S/c1-19(2,3)27-22-20(4,13-18(24)14-8-6-5-7-9-14)16-12-15(23(25)26)10-11-17(16)21/h5-12,18,22,24H,13H2,1-4H3/t18-,20-/m0/s1. The number of hydrogen-bond donors (Lipinski definition) is 2. The van der Waals surface area contributed by atoms with Crippen LogP contribution in [0.4, 0.5) is 10.1 Å². The molecule has 0 radical (unpaired) electrons. The van der Waals surface area contributed by atoms with Crippen molar-refractivity contribution in [3.05, 3.63) is 75.6 Å². The summed E-state index contributed by atoms with van der Waals surface area (Å²) in [5, 5.41) is 21.9.